The van der Waals surface area contributed by atoms with Crippen molar-refractivity contribution < 1.29 is 42.7 Å². The number of allylic oxidation sites excluding steroid dienone is 1. The third-order valence-electron chi connectivity index (χ3n) is 5.39. The van der Waals surface area contributed by atoms with E-state index in [0.29, 0.717) is 13.0 Å². The first-order valence-electron chi connectivity index (χ1n) is 11.2. The first-order chi connectivity index (χ1) is 16.3. The topological polar surface area (TPSA) is 111 Å². The minimum atomic E-state index is -0.983. The van der Waals surface area contributed by atoms with Crippen molar-refractivity contribution in [3.63, 3.8) is 0 Å². The lowest BCUT2D eigenvalue weighted by atomic mass is 9.95. The van der Waals surface area contributed by atoms with Gasteiger partial charge in [0.2, 0.25) is 0 Å². The molecule has 0 saturated carbocycles. The maximum absolute atomic E-state index is 12.7. The summed E-state index contributed by atoms with van der Waals surface area (Å²) in [6.07, 6.45) is -1.67. The summed E-state index contributed by atoms with van der Waals surface area (Å²) in [5.41, 5.74) is 0.826. The summed E-state index contributed by atoms with van der Waals surface area (Å²) < 4.78 is 39.4. The van der Waals surface area contributed by atoms with E-state index in [9.17, 15) is 9.59 Å². The van der Waals surface area contributed by atoms with Crippen LogP contribution in [0.1, 0.15) is 32.3 Å². The monoisotopic (exact) mass is 479 g/mol. The van der Waals surface area contributed by atoms with Crippen LogP contribution in [0.2, 0.25) is 0 Å². The summed E-state index contributed by atoms with van der Waals surface area (Å²) in [4.78, 5) is 24.8. The molecule has 2 fully saturated rings. The molecule has 10 heteroatoms. The number of carbonyl (C=O) groups excluding carboxylic acids is 2. The highest BCUT2D eigenvalue weighted by atomic mass is 16.8. The van der Waals surface area contributed by atoms with E-state index in [4.69, 9.17) is 33.2 Å². The molecule has 188 valence electrons. The molecule has 3 rings (SSSR count). The van der Waals surface area contributed by atoms with Gasteiger partial charge in [0.15, 0.2) is 18.2 Å². The van der Waals surface area contributed by atoms with Crippen molar-refractivity contribution in [2.24, 2.45) is 0 Å². The molecule has 2 saturated heterocycles. The van der Waals surface area contributed by atoms with Crippen LogP contribution in [-0.4, -0.2) is 69.0 Å². The van der Waals surface area contributed by atoms with Gasteiger partial charge in [0.25, 0.3) is 0 Å². The molecule has 34 heavy (non-hydrogen) atoms. The predicted octanol–water partition coefficient (Wildman–Crippen LogP) is 3.29. The Labute approximate surface area is 199 Å². The van der Waals surface area contributed by atoms with E-state index in [2.05, 4.69) is 11.9 Å². The van der Waals surface area contributed by atoms with E-state index in [0.717, 1.165) is 12.0 Å². The van der Waals surface area contributed by atoms with Crippen molar-refractivity contribution in [1.29, 1.82) is 0 Å². The van der Waals surface area contributed by atoms with E-state index < -0.39 is 48.7 Å². The summed E-state index contributed by atoms with van der Waals surface area (Å²) in [6.45, 7) is 7.78. The van der Waals surface area contributed by atoms with Crippen molar-refractivity contribution in [2.45, 2.75) is 69.7 Å². The second-order valence-corrected chi connectivity index (χ2v) is 8.41. The van der Waals surface area contributed by atoms with Crippen molar-refractivity contribution in [3.05, 3.63) is 48.6 Å². The van der Waals surface area contributed by atoms with Gasteiger partial charge in [-0.3, -0.25) is 0 Å². The van der Waals surface area contributed by atoms with Gasteiger partial charge >= 0.3 is 12.2 Å². The average molecular weight is 480 g/mol. The van der Waals surface area contributed by atoms with E-state index in [1.165, 1.54) is 7.11 Å². The molecule has 0 aliphatic carbocycles. The molecule has 2 heterocycles. The summed E-state index contributed by atoms with van der Waals surface area (Å²) in [5, 5.41) is 2.74. The van der Waals surface area contributed by atoms with Crippen LogP contribution in [-0.2, 0) is 39.8 Å². The Morgan fingerprint density at radius 2 is 2.03 bits per heavy atom. The largest absolute Gasteiger partial charge is 0.508 e. The second kappa shape index (κ2) is 12.2. The molecule has 2 aliphatic rings. The standard InChI is InChI=1S/C24H33NO9/c1-5-6-10-13-29-21-18(25-22(26)30-14-16-11-8-7-9-12-16)20(33-23(27)28-4)19-17(32-21)15-31-24(2,3)34-19/h5,7-9,11-12,17-21H,1,6,10,13-15H2,2-4H3,(H,25,26)/t17-,18+,19-,20-,21+/m1/s1. The van der Waals surface area contributed by atoms with Crippen molar-refractivity contribution in [1.82, 2.24) is 5.32 Å². The third-order valence-corrected chi connectivity index (χ3v) is 5.39. The van der Waals surface area contributed by atoms with Gasteiger partial charge in [0, 0.05) is 0 Å². The van der Waals surface area contributed by atoms with Crippen LogP contribution >= 0.6 is 0 Å². The zero-order valence-electron chi connectivity index (χ0n) is 19.8. The minimum absolute atomic E-state index is 0.0665. The lowest BCUT2D eigenvalue weighted by molar-refractivity contribution is -0.368. The summed E-state index contributed by atoms with van der Waals surface area (Å²) in [5.74, 6) is -0.946. The Bertz CT molecular complexity index is 816. The molecular weight excluding hydrogens is 446 g/mol. The van der Waals surface area contributed by atoms with E-state index in [1.807, 2.05) is 30.3 Å². The van der Waals surface area contributed by atoms with Gasteiger partial charge in [0.1, 0.15) is 24.9 Å². The molecule has 0 aromatic heterocycles. The highest BCUT2D eigenvalue weighted by molar-refractivity contribution is 5.68. The van der Waals surface area contributed by atoms with Crippen LogP contribution < -0.4 is 5.32 Å². The van der Waals surface area contributed by atoms with Crippen LogP contribution in [0.15, 0.2) is 43.0 Å². The zero-order valence-corrected chi connectivity index (χ0v) is 19.8. The first kappa shape index (κ1) is 26.0. The number of rotatable bonds is 9. The molecule has 0 spiro atoms. The van der Waals surface area contributed by atoms with Gasteiger partial charge < -0.3 is 38.5 Å². The van der Waals surface area contributed by atoms with Gasteiger partial charge in [-0.15, -0.1) is 6.58 Å². The van der Waals surface area contributed by atoms with Crippen LogP contribution in [0.3, 0.4) is 0 Å². The first-order valence-corrected chi connectivity index (χ1v) is 11.2. The van der Waals surface area contributed by atoms with E-state index in [-0.39, 0.29) is 13.2 Å². The number of carbonyl (C=O) groups is 2. The van der Waals surface area contributed by atoms with Crippen molar-refractivity contribution in [2.75, 3.05) is 20.3 Å². The van der Waals surface area contributed by atoms with Crippen LogP contribution in [0.5, 0.6) is 0 Å². The van der Waals surface area contributed by atoms with Crippen LogP contribution in [0, 0.1) is 0 Å². The molecule has 1 N–H and O–H groups in total. The van der Waals surface area contributed by atoms with Crippen LogP contribution in [0.4, 0.5) is 9.59 Å². The quantitative estimate of drug-likeness (QED) is 0.324. The number of methoxy groups -OCH3 is 1. The zero-order chi connectivity index (χ0) is 24.6. The Morgan fingerprint density at radius 1 is 1.26 bits per heavy atom. The fraction of sp³-hybridized carbons (Fsp3) is 0.583. The molecular formula is C24H33NO9. The lowest BCUT2D eigenvalue weighted by Gasteiger charge is -2.50. The maximum atomic E-state index is 12.7. The Balaban J connectivity index is 1.78. The number of benzene rings is 1. The van der Waals surface area contributed by atoms with Crippen molar-refractivity contribution >= 4 is 12.2 Å². The smallest absolute Gasteiger partial charge is 0.445 e. The van der Waals surface area contributed by atoms with Gasteiger partial charge in [0.05, 0.1) is 20.3 Å². The number of hydrogen-bond acceptors (Lipinski definition) is 9. The molecule has 2 aliphatic heterocycles. The number of nitrogens with one attached hydrogen (secondary N) is 1. The molecule has 1 amide bonds. The Kier molecular flexibility index (Phi) is 9.28. The van der Waals surface area contributed by atoms with E-state index >= 15 is 0 Å². The number of unbranched alkanes of at least 4 members (excludes halogenated alkanes) is 1. The number of amides is 1. The van der Waals surface area contributed by atoms with Gasteiger partial charge in [-0.1, -0.05) is 36.4 Å². The fourth-order valence-corrected chi connectivity index (χ4v) is 3.75. The van der Waals surface area contributed by atoms with Gasteiger partial charge in [-0.05, 0) is 32.3 Å². The number of alkyl carbamates (subject to hydrolysis) is 1. The highest BCUT2D eigenvalue weighted by Gasteiger charge is 2.54. The SMILES string of the molecule is C=CCCCO[C@H]1O[C@@H]2COC(C)(C)O[C@H]2[C@H](OC(=O)OC)[C@@H]1NC(=O)OCc1ccccc1. The number of ether oxygens (including phenoxy) is 7. The lowest BCUT2D eigenvalue weighted by Crippen LogP contribution is -2.69. The third kappa shape index (κ3) is 7.17. The Hall–Kier alpha value is -2.66. The maximum Gasteiger partial charge on any atom is 0.508 e. The number of hydrogen-bond donors (Lipinski definition) is 1. The normalized spacial score (nSPS) is 27.7. The highest BCUT2D eigenvalue weighted by Crippen LogP contribution is 2.34. The predicted molar refractivity (Wildman–Crippen MR) is 120 cm³/mol. The van der Waals surface area contributed by atoms with Crippen LogP contribution in [0.25, 0.3) is 0 Å². The summed E-state index contributed by atoms with van der Waals surface area (Å²) in [6, 6.07) is 8.33. The van der Waals surface area contributed by atoms with Crippen molar-refractivity contribution in [3.8, 4) is 0 Å². The molecule has 10 nitrogen and oxygen atoms in total. The minimum Gasteiger partial charge on any atom is -0.445 e. The summed E-state index contributed by atoms with van der Waals surface area (Å²) in [7, 11) is 1.20. The van der Waals surface area contributed by atoms with E-state index in [1.54, 1.807) is 19.9 Å². The molecule has 5 atom stereocenters. The molecule has 0 bridgehead atoms. The average Bonchev–Trinajstić information content (AvgIpc) is 2.82. The Morgan fingerprint density at radius 3 is 2.74 bits per heavy atom. The summed E-state index contributed by atoms with van der Waals surface area (Å²) >= 11 is 0. The molecule has 1 aromatic carbocycles. The molecule has 1 aromatic rings. The molecule has 0 unspecified atom stereocenters. The number of fused-ring (bicyclic) bond motifs is 1. The second-order valence-electron chi connectivity index (χ2n) is 8.41. The molecule has 0 radical (unpaired) electrons. The fourth-order valence-electron chi connectivity index (χ4n) is 3.75. The van der Waals surface area contributed by atoms with Gasteiger partial charge in [-0.2, -0.15) is 0 Å². The van der Waals surface area contributed by atoms with Gasteiger partial charge in [-0.25, -0.2) is 9.59 Å².